The number of hydrogen-bond acceptors (Lipinski definition) is 21. The van der Waals surface area contributed by atoms with Crippen molar-refractivity contribution in [3.05, 3.63) is 0 Å². The van der Waals surface area contributed by atoms with Crippen LogP contribution >= 0.6 is 22.5 Å². The Bertz CT molecular complexity index is 1380. The number of rotatable bonds is 24. The van der Waals surface area contributed by atoms with Crippen molar-refractivity contribution in [3.63, 3.8) is 0 Å². The van der Waals surface area contributed by atoms with E-state index < -0.39 is 130 Å². The lowest BCUT2D eigenvalue weighted by molar-refractivity contribution is -0.144. The van der Waals surface area contributed by atoms with Crippen LogP contribution in [0.15, 0.2) is 13.5 Å². The van der Waals surface area contributed by atoms with Crippen molar-refractivity contribution in [2.24, 2.45) is 49.1 Å². The number of nitrogens with zero attached hydrogens (tertiary/aromatic N) is 3. The number of nitrogens with one attached hydrogen (secondary N) is 6. The van der Waals surface area contributed by atoms with Gasteiger partial charge in [-0.25, -0.2) is 30.5 Å². The van der Waals surface area contributed by atoms with Crippen LogP contribution in [0.25, 0.3) is 0 Å². The maximum Gasteiger partial charge on any atom is 0.323 e. The van der Waals surface area contributed by atoms with Crippen molar-refractivity contribution in [3.8, 4) is 0 Å². The van der Waals surface area contributed by atoms with Crippen molar-refractivity contribution < 1.29 is 57.2 Å². The van der Waals surface area contributed by atoms with E-state index >= 15 is 0 Å². The van der Waals surface area contributed by atoms with Crippen LogP contribution in [0.4, 0.5) is 0 Å². The lowest BCUT2D eigenvalue weighted by Gasteiger charge is -2.43. The number of ether oxygens (including phenoxy) is 6. The summed E-state index contributed by atoms with van der Waals surface area (Å²) < 4.78 is 47.6. The highest BCUT2D eigenvalue weighted by atomic mass is 31.3. The number of carbonyl (C=O) groups is 6. The first-order valence-electron chi connectivity index (χ1n) is 19.8. The zero-order valence-electron chi connectivity index (χ0n) is 38.5. The van der Waals surface area contributed by atoms with E-state index in [0.29, 0.717) is 0 Å². The first-order valence-corrected chi connectivity index (χ1v) is 24.9. The molecule has 1 heterocycles. The van der Waals surface area contributed by atoms with Gasteiger partial charge in [0.2, 0.25) is 22.5 Å². The third-order valence-corrected chi connectivity index (χ3v) is 19.5. The smallest absolute Gasteiger partial charge is 0.323 e. The SMILES string of the molecule is COC(=O)C(NP1(NC(C(=O)OC)C(C)C)=NP(NC(C(=O)OC)C(C)C)(NC(C(=O)OC)C(C)C)=NP(NC(C(=O)OC)C(C)C)(NC(C(=O)OC)C(C)C)=N1)C(C)C. The maximum atomic E-state index is 13.7. The minimum Gasteiger partial charge on any atom is -0.468 e. The highest BCUT2D eigenvalue weighted by Crippen LogP contribution is 2.72. The van der Waals surface area contributed by atoms with E-state index in [1.54, 1.807) is 83.1 Å². The third kappa shape index (κ3) is 14.7. The molecule has 21 nitrogen and oxygen atoms in total. The molecular weight excluding hydrogens is 843 g/mol. The molecule has 1 aliphatic rings. The molecule has 1 aliphatic heterocycles. The zero-order chi connectivity index (χ0) is 46.5. The molecule has 0 aromatic heterocycles. The van der Waals surface area contributed by atoms with E-state index in [2.05, 4.69) is 30.5 Å². The molecule has 0 saturated carbocycles. The Morgan fingerprint density at radius 2 is 0.417 bits per heavy atom. The first-order chi connectivity index (χ1) is 27.8. The molecule has 0 amide bonds. The molecule has 0 radical (unpaired) electrons. The normalized spacial score (nSPS) is 23.4. The number of esters is 6. The molecule has 6 unspecified atom stereocenters. The van der Waals surface area contributed by atoms with Crippen LogP contribution in [0.3, 0.4) is 0 Å². The molecule has 1 rings (SSSR count). The van der Waals surface area contributed by atoms with Gasteiger partial charge < -0.3 is 28.4 Å². The molecule has 6 N–H and O–H groups in total. The van der Waals surface area contributed by atoms with Crippen LogP contribution in [-0.2, 0) is 57.2 Å². The van der Waals surface area contributed by atoms with Crippen LogP contribution < -0.4 is 30.5 Å². The van der Waals surface area contributed by atoms with Gasteiger partial charge in [-0.15, -0.1) is 0 Å². The van der Waals surface area contributed by atoms with Gasteiger partial charge in [0.15, 0.2) is 0 Å². The van der Waals surface area contributed by atoms with E-state index in [1.807, 2.05) is 0 Å². The summed E-state index contributed by atoms with van der Waals surface area (Å²) in [5, 5.41) is 20.0. The Labute approximate surface area is 356 Å². The van der Waals surface area contributed by atoms with Gasteiger partial charge >= 0.3 is 35.8 Å². The van der Waals surface area contributed by atoms with Gasteiger partial charge in [0, 0.05) is 0 Å². The molecule has 0 aromatic rings. The highest BCUT2D eigenvalue weighted by molar-refractivity contribution is 7.83. The zero-order valence-corrected chi connectivity index (χ0v) is 41.2. The molecule has 0 bridgehead atoms. The second-order valence-corrected chi connectivity index (χ2v) is 23.6. The van der Waals surface area contributed by atoms with Crippen LogP contribution in [0.2, 0.25) is 0 Å². The molecule has 348 valence electrons. The molecule has 24 heteroatoms. The van der Waals surface area contributed by atoms with Gasteiger partial charge in [0.25, 0.3) is 0 Å². The largest absolute Gasteiger partial charge is 0.468 e. The fourth-order valence-corrected chi connectivity index (χ4v) is 19.1. The number of methoxy groups -OCH3 is 6. The summed E-state index contributed by atoms with van der Waals surface area (Å²) in [4.78, 5) is 82.2. The molecule has 0 aromatic carbocycles. The van der Waals surface area contributed by atoms with Crippen LogP contribution in [0.5, 0.6) is 0 Å². The van der Waals surface area contributed by atoms with E-state index in [-0.39, 0.29) is 0 Å². The summed E-state index contributed by atoms with van der Waals surface area (Å²) in [5.41, 5.74) is 0. The summed E-state index contributed by atoms with van der Waals surface area (Å²) in [7, 11) is -5.28. The monoisotopic (exact) mass is 915 g/mol. The van der Waals surface area contributed by atoms with Gasteiger partial charge in [0.05, 0.1) is 42.7 Å². The Kier molecular flexibility index (Phi) is 22.3. The summed E-state index contributed by atoms with van der Waals surface area (Å²) in [6.45, 7) is 21.1. The van der Waals surface area contributed by atoms with Crippen molar-refractivity contribution >= 4 is 58.3 Å². The lowest BCUT2D eigenvalue weighted by atomic mass is 10.1. The molecule has 0 aliphatic carbocycles. The minimum atomic E-state index is -4.19. The summed E-state index contributed by atoms with van der Waals surface area (Å²) in [6, 6.07) is -6.99. The summed E-state index contributed by atoms with van der Waals surface area (Å²) >= 11 is 0. The average molecular weight is 916 g/mol. The third-order valence-electron chi connectivity index (χ3n) is 9.42. The van der Waals surface area contributed by atoms with Crippen LogP contribution in [0.1, 0.15) is 83.1 Å². The maximum absolute atomic E-state index is 13.7. The van der Waals surface area contributed by atoms with E-state index in [4.69, 9.17) is 42.0 Å². The fourth-order valence-electron chi connectivity index (χ4n) is 5.81. The van der Waals surface area contributed by atoms with Crippen molar-refractivity contribution in [2.75, 3.05) is 42.7 Å². The minimum absolute atomic E-state index is 0.493. The highest BCUT2D eigenvalue weighted by Gasteiger charge is 2.48. The van der Waals surface area contributed by atoms with Crippen molar-refractivity contribution in [2.45, 2.75) is 119 Å². The van der Waals surface area contributed by atoms with Gasteiger partial charge in [-0.2, -0.15) is 13.5 Å². The molecule has 6 atom stereocenters. The van der Waals surface area contributed by atoms with Crippen molar-refractivity contribution in [1.82, 2.24) is 30.5 Å². The summed E-state index contributed by atoms with van der Waals surface area (Å²) in [5.74, 6) is -7.20. The van der Waals surface area contributed by atoms with Gasteiger partial charge in [0.1, 0.15) is 36.3 Å². The molecule has 0 saturated heterocycles. The molecule has 60 heavy (non-hydrogen) atoms. The quantitative estimate of drug-likeness (QED) is 0.0440. The van der Waals surface area contributed by atoms with E-state index in [1.165, 1.54) is 42.7 Å². The average Bonchev–Trinajstić information content (AvgIpc) is 3.19. The van der Waals surface area contributed by atoms with Crippen molar-refractivity contribution in [1.29, 1.82) is 0 Å². The lowest BCUT2D eigenvalue weighted by Crippen LogP contribution is -2.51. The van der Waals surface area contributed by atoms with Crippen LogP contribution in [-0.4, -0.2) is 115 Å². The number of hydrogen-bond donors (Lipinski definition) is 6. The Morgan fingerprint density at radius 3 is 0.500 bits per heavy atom. The Morgan fingerprint density at radius 1 is 0.300 bits per heavy atom. The topological polar surface area (TPSA) is 267 Å². The second-order valence-electron chi connectivity index (χ2n) is 16.3. The standard InChI is InChI=1S/C36H72N9O12P3/c1-19(2)25(31(46)52-13)37-58(38-26(20(3)4)32(47)53-14)43-59(39-27(21(5)6)33(48)54-15,40-28(22(7)8)34(49)55-16)45-60(44-58,41-29(23(9)10)35(50)56-17)42-30(24(11)12)36(51)57-18/h19-30,37-42H,1-18H3. The predicted octanol–water partition coefficient (Wildman–Crippen LogP) is 4.56. The molecule has 0 fully saturated rings. The molecule has 0 spiro atoms. The fraction of sp³-hybridized carbons (Fsp3) is 0.833. The van der Waals surface area contributed by atoms with Crippen LogP contribution in [0, 0.1) is 35.5 Å². The Hall–Kier alpha value is -2.73. The second kappa shape index (κ2) is 24.2. The molecular formula is C36H72N9O12P3. The van der Waals surface area contributed by atoms with Gasteiger partial charge in [-0.05, 0) is 35.5 Å². The van der Waals surface area contributed by atoms with E-state index in [9.17, 15) is 28.8 Å². The van der Waals surface area contributed by atoms with E-state index in [0.717, 1.165) is 0 Å². The summed E-state index contributed by atoms with van der Waals surface area (Å²) in [6.07, 6.45) is 0. The predicted molar refractivity (Wildman–Crippen MR) is 231 cm³/mol. The van der Waals surface area contributed by atoms with Gasteiger partial charge in [-0.1, -0.05) is 83.1 Å². The van der Waals surface area contributed by atoms with Gasteiger partial charge in [-0.3, -0.25) is 28.8 Å². The number of carbonyl (C=O) groups excluding carboxylic acids is 6. The first kappa shape index (κ1) is 55.3. The Balaban J connectivity index is 5.26.